The molecule has 0 saturated carbocycles. The Morgan fingerprint density at radius 1 is 1.00 bits per heavy atom. The third kappa shape index (κ3) is 3.53. The number of fused-ring (bicyclic) bond motifs is 2. The molecule has 33 heavy (non-hydrogen) atoms. The number of nitrogens with zero attached hydrogens (tertiary/aromatic N) is 1. The van der Waals surface area contributed by atoms with Crippen LogP contribution in [0, 0.1) is 0 Å². The summed E-state index contributed by atoms with van der Waals surface area (Å²) in [5.41, 5.74) is 4.10. The summed E-state index contributed by atoms with van der Waals surface area (Å²) in [7, 11) is 3.39. The van der Waals surface area contributed by atoms with E-state index in [9.17, 15) is 9.59 Å². The van der Waals surface area contributed by atoms with E-state index in [0.29, 0.717) is 12.1 Å². The van der Waals surface area contributed by atoms with Gasteiger partial charge in [0.25, 0.3) is 5.91 Å². The molecule has 0 aliphatic carbocycles. The highest BCUT2D eigenvalue weighted by molar-refractivity contribution is 6.02. The zero-order valence-electron chi connectivity index (χ0n) is 18.5. The molecule has 166 valence electrons. The second-order valence-electron chi connectivity index (χ2n) is 8.25. The van der Waals surface area contributed by atoms with Gasteiger partial charge in [0.2, 0.25) is 5.91 Å². The van der Waals surface area contributed by atoms with E-state index >= 15 is 0 Å². The number of aromatic amines is 1. The zero-order chi connectivity index (χ0) is 22.9. The summed E-state index contributed by atoms with van der Waals surface area (Å²) in [6.45, 7) is 0.333. The third-order valence-corrected chi connectivity index (χ3v) is 6.45. The number of rotatable bonds is 5. The Balaban J connectivity index is 1.57. The van der Waals surface area contributed by atoms with Gasteiger partial charge in [0.15, 0.2) is 0 Å². The maximum atomic E-state index is 13.7. The van der Waals surface area contributed by atoms with E-state index in [1.54, 1.807) is 25.1 Å². The van der Waals surface area contributed by atoms with Crippen LogP contribution in [0.4, 0.5) is 0 Å². The van der Waals surface area contributed by atoms with Crippen LogP contribution in [0.3, 0.4) is 0 Å². The molecule has 6 heteroatoms. The normalized spacial score (nSPS) is 17.6. The van der Waals surface area contributed by atoms with Crippen molar-refractivity contribution in [3.8, 4) is 5.75 Å². The van der Waals surface area contributed by atoms with Gasteiger partial charge >= 0.3 is 0 Å². The van der Waals surface area contributed by atoms with Gasteiger partial charge in [-0.25, -0.2) is 0 Å². The number of hydrogen-bond donors (Lipinski definition) is 2. The highest BCUT2D eigenvalue weighted by Gasteiger charge is 2.43. The number of aromatic nitrogens is 1. The molecular formula is C27H25N3O3. The van der Waals surface area contributed by atoms with Gasteiger partial charge in [0.05, 0.1) is 19.1 Å². The minimum atomic E-state index is -0.558. The maximum absolute atomic E-state index is 13.7. The Bertz CT molecular complexity index is 1340. The van der Waals surface area contributed by atoms with Gasteiger partial charge in [-0.2, -0.15) is 0 Å². The lowest BCUT2D eigenvalue weighted by Crippen LogP contribution is -2.45. The number of para-hydroxylation sites is 2. The van der Waals surface area contributed by atoms with Crippen LogP contribution >= 0.6 is 0 Å². The molecule has 2 atom stereocenters. The fraction of sp³-hybridized carbons (Fsp3) is 0.185. The van der Waals surface area contributed by atoms with Crippen molar-refractivity contribution in [2.24, 2.45) is 0 Å². The zero-order valence-corrected chi connectivity index (χ0v) is 18.5. The van der Waals surface area contributed by atoms with Crippen molar-refractivity contribution in [2.45, 2.75) is 18.5 Å². The number of H-pyrrole nitrogens is 1. The Morgan fingerprint density at radius 2 is 1.73 bits per heavy atom. The van der Waals surface area contributed by atoms with Crippen LogP contribution in [0.2, 0.25) is 0 Å². The minimum Gasteiger partial charge on any atom is -0.496 e. The first-order valence-electron chi connectivity index (χ1n) is 10.9. The van der Waals surface area contributed by atoms with Crippen molar-refractivity contribution >= 4 is 22.7 Å². The van der Waals surface area contributed by atoms with Gasteiger partial charge in [-0.05, 0) is 23.8 Å². The third-order valence-electron chi connectivity index (χ3n) is 6.45. The summed E-state index contributed by atoms with van der Waals surface area (Å²) in [6, 6.07) is 22.5. The van der Waals surface area contributed by atoms with Gasteiger partial charge in [-0.15, -0.1) is 0 Å². The second kappa shape index (κ2) is 8.47. The number of hydrogen-bond acceptors (Lipinski definition) is 3. The Morgan fingerprint density at radius 3 is 2.58 bits per heavy atom. The summed E-state index contributed by atoms with van der Waals surface area (Å²) in [5, 5.41) is 4.10. The average Bonchev–Trinajstić information content (AvgIpc) is 3.28. The van der Waals surface area contributed by atoms with Gasteiger partial charge < -0.3 is 19.9 Å². The lowest BCUT2D eigenvalue weighted by Gasteiger charge is -2.39. The molecule has 0 saturated heterocycles. The minimum absolute atomic E-state index is 0.0883. The van der Waals surface area contributed by atoms with Gasteiger partial charge in [-0.3, -0.25) is 9.59 Å². The molecule has 2 N–H and O–H groups in total. The standard InChI is InChI=1S/C27H25N3O3/c1-30-25(21-16-28-22-13-7-6-10-18(21)22)24(19-11-4-5-12-20(19)27(30)32)26(31)29-15-17-9-3-8-14-23(17)33-2/h3-14,16,24-25,28H,15H2,1-2H3,(H,29,31). The number of carbonyl (C=O) groups is 2. The fourth-order valence-electron chi connectivity index (χ4n) is 4.83. The molecule has 0 fully saturated rings. The highest BCUT2D eigenvalue weighted by atomic mass is 16.5. The van der Waals surface area contributed by atoms with E-state index in [-0.39, 0.29) is 11.8 Å². The SMILES string of the molecule is COc1ccccc1CNC(=O)C1c2ccccc2C(=O)N(C)C1c1c[nH]c2ccccc12. The second-order valence-corrected chi connectivity index (χ2v) is 8.25. The summed E-state index contributed by atoms with van der Waals surface area (Å²) >= 11 is 0. The van der Waals surface area contributed by atoms with Crippen molar-refractivity contribution < 1.29 is 14.3 Å². The lowest BCUT2D eigenvalue weighted by molar-refractivity contribution is -0.124. The van der Waals surface area contributed by atoms with Crippen molar-refractivity contribution in [2.75, 3.05) is 14.2 Å². The van der Waals surface area contributed by atoms with Crippen molar-refractivity contribution in [3.63, 3.8) is 0 Å². The quantitative estimate of drug-likeness (QED) is 0.484. The average molecular weight is 440 g/mol. The van der Waals surface area contributed by atoms with Crippen LogP contribution in [0.15, 0.2) is 79.0 Å². The summed E-state index contributed by atoms with van der Waals surface area (Å²) < 4.78 is 5.43. The monoisotopic (exact) mass is 439 g/mol. The molecule has 2 unspecified atom stereocenters. The molecule has 4 aromatic rings. The number of carbonyl (C=O) groups excluding carboxylic acids is 2. The van der Waals surface area contributed by atoms with E-state index in [4.69, 9.17) is 4.74 Å². The Labute approximate surface area is 192 Å². The Hall–Kier alpha value is -4.06. The molecule has 0 bridgehead atoms. The van der Waals surface area contributed by atoms with Crippen molar-refractivity contribution in [1.29, 1.82) is 0 Å². The maximum Gasteiger partial charge on any atom is 0.254 e. The topological polar surface area (TPSA) is 74.4 Å². The van der Waals surface area contributed by atoms with Crippen molar-refractivity contribution in [3.05, 3.63) is 101 Å². The van der Waals surface area contributed by atoms with Gasteiger partial charge in [0, 0.05) is 47.4 Å². The number of likely N-dealkylation sites (N-methyl/N-ethyl adjacent to an activating group) is 1. The molecule has 1 aliphatic rings. The van der Waals surface area contributed by atoms with E-state index in [1.807, 2.05) is 72.9 Å². The van der Waals surface area contributed by atoms with E-state index in [2.05, 4.69) is 10.3 Å². The van der Waals surface area contributed by atoms with Crippen LogP contribution in [0.5, 0.6) is 5.75 Å². The predicted molar refractivity (Wildman–Crippen MR) is 127 cm³/mol. The highest BCUT2D eigenvalue weighted by Crippen LogP contribution is 2.44. The number of amides is 2. The first-order valence-corrected chi connectivity index (χ1v) is 10.9. The van der Waals surface area contributed by atoms with Gasteiger partial charge in [-0.1, -0.05) is 54.6 Å². The summed E-state index contributed by atoms with van der Waals surface area (Å²) in [5.74, 6) is -0.0576. The molecule has 0 radical (unpaired) electrons. The smallest absolute Gasteiger partial charge is 0.254 e. The van der Waals surface area contributed by atoms with Crippen LogP contribution < -0.4 is 10.1 Å². The Kier molecular flexibility index (Phi) is 5.34. The number of ether oxygens (including phenoxy) is 1. The molecule has 1 aromatic heterocycles. The molecular weight excluding hydrogens is 414 g/mol. The van der Waals surface area contributed by atoms with Crippen LogP contribution in [-0.4, -0.2) is 35.9 Å². The molecule has 2 heterocycles. The molecule has 3 aromatic carbocycles. The predicted octanol–water partition coefficient (Wildman–Crippen LogP) is 4.40. The van der Waals surface area contributed by atoms with Crippen LogP contribution in [0.25, 0.3) is 10.9 Å². The fourth-order valence-corrected chi connectivity index (χ4v) is 4.83. The van der Waals surface area contributed by atoms with E-state index in [1.165, 1.54) is 0 Å². The molecule has 2 amide bonds. The van der Waals surface area contributed by atoms with E-state index < -0.39 is 12.0 Å². The largest absolute Gasteiger partial charge is 0.496 e. The van der Waals surface area contributed by atoms with Crippen molar-refractivity contribution in [1.82, 2.24) is 15.2 Å². The van der Waals surface area contributed by atoms with Gasteiger partial charge in [0.1, 0.15) is 5.75 Å². The number of benzene rings is 3. The molecule has 1 aliphatic heterocycles. The lowest BCUT2D eigenvalue weighted by atomic mass is 9.79. The summed E-state index contributed by atoms with van der Waals surface area (Å²) in [4.78, 5) is 32.0. The first-order chi connectivity index (χ1) is 16.1. The van der Waals surface area contributed by atoms with E-state index in [0.717, 1.165) is 33.3 Å². The number of nitrogens with one attached hydrogen (secondary N) is 2. The van der Waals surface area contributed by atoms with Crippen LogP contribution in [0.1, 0.15) is 39.0 Å². The van der Waals surface area contributed by atoms with Crippen LogP contribution in [-0.2, 0) is 11.3 Å². The first kappa shape index (κ1) is 20.8. The summed E-state index contributed by atoms with van der Waals surface area (Å²) in [6.07, 6.45) is 1.91. The number of methoxy groups -OCH3 is 1. The molecule has 5 rings (SSSR count). The molecule has 6 nitrogen and oxygen atoms in total. The molecule has 0 spiro atoms.